The van der Waals surface area contributed by atoms with Crippen LogP contribution in [0.3, 0.4) is 0 Å². The van der Waals surface area contributed by atoms with E-state index in [-0.39, 0.29) is 0 Å². The summed E-state index contributed by atoms with van der Waals surface area (Å²) in [6, 6.07) is 0.599. The van der Waals surface area contributed by atoms with Crippen molar-refractivity contribution in [3.8, 4) is 11.8 Å². The fourth-order valence-corrected chi connectivity index (χ4v) is 3.30. The molecule has 1 heterocycles. The van der Waals surface area contributed by atoms with Gasteiger partial charge in [0.25, 0.3) is 0 Å². The van der Waals surface area contributed by atoms with Gasteiger partial charge in [0.15, 0.2) is 0 Å². The fourth-order valence-electron chi connectivity index (χ4n) is 3.30. The summed E-state index contributed by atoms with van der Waals surface area (Å²) in [6.07, 6.45) is 11.9. The quantitative estimate of drug-likeness (QED) is 0.856. The smallest absolute Gasteiger partial charge is 0.207 e. The standard InChI is InChI=1S/C18H25N3/c1-2-3-4-13-17-20-16-12-8-7-11-15(16)18(21-17)19-14-9-5-6-10-14/h14H,2-3,5-12H2,1H3,(H,19,20,21). The van der Waals surface area contributed by atoms with Crippen LogP contribution in [-0.2, 0) is 12.8 Å². The molecule has 0 radical (unpaired) electrons. The Morgan fingerprint density at radius 1 is 1.10 bits per heavy atom. The minimum absolute atomic E-state index is 0.599. The summed E-state index contributed by atoms with van der Waals surface area (Å²) in [4.78, 5) is 9.42. The predicted molar refractivity (Wildman–Crippen MR) is 86.3 cm³/mol. The molecule has 0 atom stereocenters. The number of nitrogens with one attached hydrogen (secondary N) is 1. The number of aryl methyl sites for hydroxylation is 1. The van der Waals surface area contributed by atoms with Gasteiger partial charge in [-0.3, -0.25) is 0 Å². The highest BCUT2D eigenvalue weighted by atomic mass is 15.1. The molecule has 2 aliphatic carbocycles. The predicted octanol–water partition coefficient (Wildman–Crippen LogP) is 3.86. The van der Waals surface area contributed by atoms with Gasteiger partial charge in [-0.2, -0.15) is 0 Å². The Hall–Kier alpha value is -1.56. The van der Waals surface area contributed by atoms with E-state index in [0.29, 0.717) is 11.9 Å². The average molecular weight is 283 g/mol. The molecule has 1 N–H and O–H groups in total. The van der Waals surface area contributed by atoms with E-state index in [1.165, 1.54) is 49.8 Å². The van der Waals surface area contributed by atoms with Crippen LogP contribution in [0.5, 0.6) is 0 Å². The Kier molecular flexibility index (Phi) is 4.75. The first-order chi connectivity index (χ1) is 10.4. The lowest BCUT2D eigenvalue weighted by Gasteiger charge is -2.21. The first kappa shape index (κ1) is 14.4. The molecule has 0 spiro atoms. The highest BCUT2D eigenvalue weighted by Gasteiger charge is 2.21. The molecule has 1 aromatic rings. The number of hydrogen-bond acceptors (Lipinski definition) is 3. The third-order valence-electron chi connectivity index (χ3n) is 4.45. The molecule has 0 amide bonds. The van der Waals surface area contributed by atoms with Crippen LogP contribution >= 0.6 is 0 Å². The van der Waals surface area contributed by atoms with Gasteiger partial charge in [0.2, 0.25) is 5.82 Å². The molecule has 2 aliphatic rings. The van der Waals surface area contributed by atoms with Crippen molar-refractivity contribution in [2.75, 3.05) is 5.32 Å². The fraction of sp³-hybridized carbons (Fsp3) is 0.667. The van der Waals surface area contributed by atoms with Crippen molar-refractivity contribution in [1.82, 2.24) is 9.97 Å². The lowest BCUT2D eigenvalue weighted by atomic mass is 9.96. The molecule has 3 nitrogen and oxygen atoms in total. The monoisotopic (exact) mass is 283 g/mol. The van der Waals surface area contributed by atoms with Crippen molar-refractivity contribution in [3.63, 3.8) is 0 Å². The molecule has 0 saturated heterocycles. The van der Waals surface area contributed by atoms with Gasteiger partial charge in [0.1, 0.15) is 5.82 Å². The van der Waals surface area contributed by atoms with Crippen LogP contribution in [-0.4, -0.2) is 16.0 Å². The van der Waals surface area contributed by atoms with Crippen LogP contribution in [0.15, 0.2) is 0 Å². The molecule has 0 unspecified atom stereocenters. The number of rotatable bonds is 3. The third kappa shape index (κ3) is 3.56. The molecule has 1 fully saturated rings. The molecule has 1 saturated carbocycles. The first-order valence-corrected chi connectivity index (χ1v) is 8.52. The van der Waals surface area contributed by atoms with E-state index in [0.717, 1.165) is 31.5 Å². The van der Waals surface area contributed by atoms with Gasteiger partial charge in [-0.15, -0.1) is 0 Å². The van der Waals surface area contributed by atoms with Crippen molar-refractivity contribution in [2.45, 2.75) is 77.2 Å². The highest BCUT2D eigenvalue weighted by Crippen LogP contribution is 2.28. The maximum atomic E-state index is 4.73. The van der Waals surface area contributed by atoms with Crippen LogP contribution in [0.1, 0.15) is 75.4 Å². The van der Waals surface area contributed by atoms with Gasteiger partial charge < -0.3 is 5.32 Å². The SMILES string of the molecule is CCCC#Cc1nc2c(c(NC3CCCC3)n1)CCCC2. The second-order valence-electron chi connectivity index (χ2n) is 6.21. The minimum atomic E-state index is 0.599. The average Bonchev–Trinajstić information content (AvgIpc) is 3.01. The second-order valence-corrected chi connectivity index (χ2v) is 6.21. The number of hydrogen-bond donors (Lipinski definition) is 1. The Morgan fingerprint density at radius 2 is 1.90 bits per heavy atom. The Labute approximate surface area is 128 Å². The van der Waals surface area contributed by atoms with Gasteiger partial charge in [-0.1, -0.05) is 25.7 Å². The molecule has 0 aromatic carbocycles. The second kappa shape index (κ2) is 6.93. The first-order valence-electron chi connectivity index (χ1n) is 8.52. The molecule has 112 valence electrons. The van der Waals surface area contributed by atoms with Crippen molar-refractivity contribution < 1.29 is 0 Å². The summed E-state index contributed by atoms with van der Waals surface area (Å²) in [5.74, 6) is 8.11. The van der Waals surface area contributed by atoms with E-state index in [1.807, 2.05) is 0 Å². The van der Waals surface area contributed by atoms with E-state index in [2.05, 4.69) is 24.1 Å². The summed E-state index contributed by atoms with van der Waals surface area (Å²) in [5, 5.41) is 3.68. The van der Waals surface area contributed by atoms with Crippen LogP contribution in [0.4, 0.5) is 5.82 Å². The van der Waals surface area contributed by atoms with Gasteiger partial charge in [-0.05, 0) is 50.9 Å². The van der Waals surface area contributed by atoms with Crippen LogP contribution in [0.2, 0.25) is 0 Å². The maximum Gasteiger partial charge on any atom is 0.207 e. The van der Waals surface area contributed by atoms with Crippen molar-refractivity contribution >= 4 is 5.82 Å². The maximum absolute atomic E-state index is 4.73. The van der Waals surface area contributed by atoms with E-state index >= 15 is 0 Å². The van der Waals surface area contributed by atoms with Gasteiger partial charge in [0.05, 0.1) is 5.69 Å². The summed E-state index contributed by atoms with van der Waals surface area (Å²) in [5.41, 5.74) is 2.59. The van der Waals surface area contributed by atoms with Crippen LogP contribution in [0, 0.1) is 11.8 Å². The van der Waals surface area contributed by atoms with Crippen molar-refractivity contribution in [2.24, 2.45) is 0 Å². The molecule has 3 heteroatoms. The van der Waals surface area contributed by atoms with Gasteiger partial charge in [0, 0.05) is 18.0 Å². The van der Waals surface area contributed by atoms with Crippen LogP contribution < -0.4 is 5.32 Å². The molecule has 3 rings (SSSR count). The minimum Gasteiger partial charge on any atom is -0.367 e. The summed E-state index contributed by atoms with van der Waals surface area (Å²) >= 11 is 0. The Morgan fingerprint density at radius 3 is 2.71 bits per heavy atom. The number of unbranched alkanes of at least 4 members (excludes halogenated alkanes) is 1. The zero-order valence-electron chi connectivity index (χ0n) is 13.0. The molecule has 21 heavy (non-hydrogen) atoms. The lowest BCUT2D eigenvalue weighted by Crippen LogP contribution is -2.20. The lowest BCUT2D eigenvalue weighted by molar-refractivity contribution is 0.656. The topological polar surface area (TPSA) is 37.8 Å². The zero-order chi connectivity index (χ0) is 14.5. The number of fused-ring (bicyclic) bond motifs is 1. The van der Waals surface area contributed by atoms with Gasteiger partial charge >= 0.3 is 0 Å². The number of aromatic nitrogens is 2. The summed E-state index contributed by atoms with van der Waals surface area (Å²) in [7, 11) is 0. The number of anilines is 1. The zero-order valence-corrected chi connectivity index (χ0v) is 13.0. The summed E-state index contributed by atoms with van der Waals surface area (Å²) in [6.45, 7) is 2.15. The van der Waals surface area contributed by atoms with Crippen molar-refractivity contribution in [3.05, 3.63) is 17.1 Å². The van der Waals surface area contributed by atoms with Gasteiger partial charge in [-0.25, -0.2) is 9.97 Å². The van der Waals surface area contributed by atoms with Crippen LogP contribution in [0.25, 0.3) is 0 Å². The number of nitrogens with zero attached hydrogens (tertiary/aromatic N) is 2. The van der Waals surface area contributed by atoms with E-state index in [1.54, 1.807) is 0 Å². The Balaban J connectivity index is 1.87. The molecule has 0 aliphatic heterocycles. The summed E-state index contributed by atoms with van der Waals surface area (Å²) < 4.78 is 0. The van der Waals surface area contributed by atoms with E-state index < -0.39 is 0 Å². The molecule has 0 bridgehead atoms. The molecule has 1 aromatic heterocycles. The normalized spacial score (nSPS) is 18.0. The van der Waals surface area contributed by atoms with E-state index in [4.69, 9.17) is 9.97 Å². The largest absolute Gasteiger partial charge is 0.367 e. The van der Waals surface area contributed by atoms with E-state index in [9.17, 15) is 0 Å². The highest BCUT2D eigenvalue weighted by molar-refractivity contribution is 5.50. The Bertz CT molecular complexity index is 548. The van der Waals surface area contributed by atoms with Crippen molar-refractivity contribution in [1.29, 1.82) is 0 Å². The molecular formula is C18H25N3. The molecular weight excluding hydrogens is 258 g/mol. The third-order valence-corrected chi connectivity index (χ3v) is 4.45.